The van der Waals surface area contributed by atoms with E-state index in [0.717, 1.165) is 30.5 Å². The lowest BCUT2D eigenvalue weighted by atomic mass is 10.1. The van der Waals surface area contributed by atoms with E-state index >= 15 is 0 Å². The van der Waals surface area contributed by atoms with Gasteiger partial charge in [0.1, 0.15) is 0 Å². The maximum absolute atomic E-state index is 11.9. The zero-order valence-electron chi connectivity index (χ0n) is 20.9. The van der Waals surface area contributed by atoms with Crippen LogP contribution in [0.5, 0.6) is 0 Å². The minimum Gasteiger partial charge on any atom is -0.394 e. The van der Waals surface area contributed by atoms with Gasteiger partial charge in [-0.2, -0.15) is 31.8 Å². The summed E-state index contributed by atoms with van der Waals surface area (Å²) in [6.45, 7) is 0.517. The molecular formula is C20H27N7O10S3. The van der Waals surface area contributed by atoms with Crippen molar-refractivity contribution >= 4 is 64.6 Å². The molecule has 1 heterocycles. The fourth-order valence-corrected chi connectivity index (χ4v) is 4.79. The van der Waals surface area contributed by atoms with E-state index in [2.05, 4.69) is 35.6 Å². The number of anilines is 4. The summed E-state index contributed by atoms with van der Waals surface area (Å²) in [4.78, 5) is 11.5. The number of nitrogens with one attached hydrogen (secondary N) is 4. The molecule has 0 saturated heterocycles. The van der Waals surface area contributed by atoms with Gasteiger partial charge >= 0.3 is 0 Å². The van der Waals surface area contributed by atoms with E-state index in [9.17, 15) is 34.4 Å². The first-order valence-electron chi connectivity index (χ1n) is 11.3. The first-order valence-corrected chi connectivity index (χ1v) is 16.1. The molecule has 20 heteroatoms. The van der Waals surface area contributed by atoms with Crippen molar-refractivity contribution in [3.05, 3.63) is 30.3 Å². The maximum Gasteiger partial charge on any atom is 0.294 e. The summed E-state index contributed by atoms with van der Waals surface area (Å²) in [7, 11) is -12.8. The molecule has 7 N–H and O–H groups in total. The maximum atomic E-state index is 11.9. The number of ether oxygens (including phenoxy) is 1. The van der Waals surface area contributed by atoms with Crippen LogP contribution in [-0.4, -0.2) is 100 Å². The summed E-state index contributed by atoms with van der Waals surface area (Å²) >= 11 is 0. The molecule has 0 aliphatic carbocycles. The highest BCUT2D eigenvalue weighted by Gasteiger charge is 2.18. The monoisotopic (exact) mass is 621 g/mol. The lowest BCUT2D eigenvalue weighted by molar-refractivity contribution is 0.0991. The average Bonchev–Trinajstić information content (AvgIpc) is 2.84. The van der Waals surface area contributed by atoms with Crippen LogP contribution >= 0.6 is 0 Å². The minimum absolute atomic E-state index is 0.00970. The van der Waals surface area contributed by atoms with Gasteiger partial charge in [0.05, 0.1) is 41.6 Å². The molecule has 0 unspecified atom stereocenters. The van der Waals surface area contributed by atoms with Crippen molar-refractivity contribution in [1.82, 2.24) is 19.7 Å². The predicted octanol–water partition coefficient (Wildman–Crippen LogP) is -0.356. The Kier molecular flexibility index (Phi) is 10.1. The van der Waals surface area contributed by atoms with Gasteiger partial charge in [-0.3, -0.25) is 9.11 Å². The summed E-state index contributed by atoms with van der Waals surface area (Å²) in [5, 5.41) is 17.7. The van der Waals surface area contributed by atoms with E-state index < -0.39 is 40.1 Å². The number of sulfonamides is 1. The molecule has 220 valence electrons. The Labute approximate surface area is 230 Å². The zero-order valence-corrected chi connectivity index (χ0v) is 23.3. The second-order valence-corrected chi connectivity index (χ2v) is 12.8. The summed E-state index contributed by atoms with van der Waals surface area (Å²) in [5.74, 6) is -0.0527. The smallest absolute Gasteiger partial charge is 0.294 e. The minimum atomic E-state index is -4.74. The molecule has 0 aliphatic rings. The van der Waals surface area contributed by atoms with Gasteiger partial charge in [0.25, 0.3) is 20.2 Å². The molecule has 3 aromatic rings. The van der Waals surface area contributed by atoms with E-state index in [4.69, 9.17) is 9.84 Å². The summed E-state index contributed by atoms with van der Waals surface area (Å²) < 4.78 is 96.1. The van der Waals surface area contributed by atoms with Gasteiger partial charge in [-0.25, -0.2) is 13.1 Å². The molecule has 0 bridgehead atoms. The number of hydrogen-bond donors (Lipinski definition) is 7. The Morgan fingerprint density at radius 2 is 1.38 bits per heavy atom. The SMILES string of the molecule is CS(=O)(=O)NCCNc1nc(NCCOCCO)nc(Nc2cc(S(=O)(=O)O)cc3cc(S(=O)(=O)O)ccc23)n1. The van der Waals surface area contributed by atoms with Gasteiger partial charge in [0.15, 0.2) is 0 Å². The third-order valence-corrected chi connectivity index (χ3v) is 7.32. The predicted molar refractivity (Wildman–Crippen MR) is 144 cm³/mol. The molecule has 3 rings (SSSR count). The van der Waals surface area contributed by atoms with Gasteiger partial charge in [-0.15, -0.1) is 0 Å². The quantitative estimate of drug-likeness (QED) is 0.0844. The molecule has 0 aliphatic heterocycles. The molecule has 0 saturated carbocycles. The second-order valence-electron chi connectivity index (χ2n) is 8.09. The Morgan fingerprint density at radius 1 is 0.775 bits per heavy atom. The lowest BCUT2D eigenvalue weighted by Crippen LogP contribution is -2.28. The van der Waals surface area contributed by atoms with Crippen LogP contribution in [-0.2, 0) is 35.0 Å². The van der Waals surface area contributed by atoms with Crippen molar-refractivity contribution < 1.29 is 44.2 Å². The van der Waals surface area contributed by atoms with Crippen molar-refractivity contribution in [3.63, 3.8) is 0 Å². The molecule has 0 radical (unpaired) electrons. The van der Waals surface area contributed by atoms with E-state index in [-0.39, 0.29) is 68.4 Å². The van der Waals surface area contributed by atoms with Crippen molar-refractivity contribution in [1.29, 1.82) is 0 Å². The van der Waals surface area contributed by atoms with Gasteiger partial charge in [0, 0.05) is 25.0 Å². The fourth-order valence-electron chi connectivity index (χ4n) is 3.26. The van der Waals surface area contributed by atoms with Crippen molar-refractivity contribution in [3.8, 4) is 0 Å². The topological polar surface area (TPSA) is 259 Å². The van der Waals surface area contributed by atoms with Crippen LogP contribution in [0.4, 0.5) is 23.5 Å². The van der Waals surface area contributed by atoms with Crippen molar-refractivity contribution in [2.24, 2.45) is 0 Å². The average molecular weight is 622 g/mol. The summed E-state index contributed by atoms with van der Waals surface area (Å²) in [5.41, 5.74) is 0.0557. The number of rotatable bonds is 15. The molecule has 0 amide bonds. The second kappa shape index (κ2) is 13.0. The Morgan fingerprint density at radius 3 is 1.98 bits per heavy atom. The first kappa shape index (κ1) is 31.3. The van der Waals surface area contributed by atoms with Crippen LogP contribution in [0.3, 0.4) is 0 Å². The first-order chi connectivity index (χ1) is 18.7. The Balaban J connectivity index is 1.99. The van der Waals surface area contributed by atoms with Crippen LogP contribution in [0.25, 0.3) is 10.8 Å². The zero-order chi connectivity index (χ0) is 29.6. The van der Waals surface area contributed by atoms with Crippen molar-refractivity contribution in [2.45, 2.75) is 9.79 Å². The highest BCUT2D eigenvalue weighted by Crippen LogP contribution is 2.31. The van der Waals surface area contributed by atoms with Crippen LogP contribution in [0.2, 0.25) is 0 Å². The van der Waals surface area contributed by atoms with Gasteiger partial charge in [0.2, 0.25) is 27.9 Å². The third kappa shape index (κ3) is 9.45. The van der Waals surface area contributed by atoms with Crippen LogP contribution in [0.1, 0.15) is 0 Å². The van der Waals surface area contributed by atoms with Crippen LogP contribution in [0, 0.1) is 0 Å². The molecule has 0 spiro atoms. The van der Waals surface area contributed by atoms with Crippen molar-refractivity contribution in [2.75, 3.05) is 61.7 Å². The van der Waals surface area contributed by atoms with Crippen LogP contribution in [0.15, 0.2) is 40.1 Å². The number of fused-ring (bicyclic) bond motifs is 1. The Bertz CT molecular complexity index is 1680. The number of aliphatic hydroxyl groups excluding tert-OH is 1. The molecule has 0 fully saturated rings. The third-order valence-electron chi connectivity index (χ3n) is 4.91. The summed E-state index contributed by atoms with van der Waals surface area (Å²) in [6.07, 6.45) is 1.00. The van der Waals surface area contributed by atoms with E-state index in [1.165, 1.54) is 6.07 Å². The standard InChI is InChI=1S/C20H27N7O10S3/c1-38(29,30)23-5-4-21-18-25-19(22-6-8-37-9-7-28)27-20(26-18)24-17-12-15(40(34,35)36)11-13-10-14(39(31,32)33)2-3-16(13)17/h2-3,10-12,23,28H,4-9H2,1H3,(H,31,32,33)(H,34,35,36)(H3,21,22,24,25,26,27). The largest absolute Gasteiger partial charge is 0.394 e. The fraction of sp³-hybridized carbons (Fsp3) is 0.350. The molecule has 2 aromatic carbocycles. The van der Waals surface area contributed by atoms with Crippen LogP contribution < -0.4 is 20.7 Å². The number of benzene rings is 2. The van der Waals surface area contributed by atoms with E-state index in [1.54, 1.807) is 0 Å². The van der Waals surface area contributed by atoms with E-state index in [0.29, 0.717) is 5.39 Å². The highest BCUT2D eigenvalue weighted by atomic mass is 32.2. The molecule has 40 heavy (non-hydrogen) atoms. The van der Waals surface area contributed by atoms with E-state index in [1.807, 2.05) is 0 Å². The summed E-state index contributed by atoms with van der Waals surface area (Å²) in [6, 6.07) is 5.54. The molecule has 17 nitrogen and oxygen atoms in total. The Hall–Kier alpha value is -3.24. The van der Waals surface area contributed by atoms with Gasteiger partial charge < -0.3 is 25.8 Å². The van der Waals surface area contributed by atoms with Gasteiger partial charge in [-0.1, -0.05) is 6.07 Å². The number of nitrogens with zero attached hydrogens (tertiary/aromatic N) is 3. The normalized spacial score (nSPS) is 12.4. The number of hydrogen-bond acceptors (Lipinski definition) is 14. The number of aliphatic hydroxyl groups is 1. The van der Waals surface area contributed by atoms with Gasteiger partial charge in [-0.05, 0) is 29.7 Å². The molecule has 0 atom stereocenters. The highest BCUT2D eigenvalue weighted by molar-refractivity contribution is 7.88. The molecular weight excluding hydrogens is 594 g/mol. The number of aromatic nitrogens is 3. The molecule has 1 aromatic heterocycles. The lowest BCUT2D eigenvalue weighted by Gasteiger charge is -2.14.